The van der Waals surface area contributed by atoms with Crippen LogP contribution in [0, 0.1) is 11.3 Å². The van der Waals surface area contributed by atoms with Crippen molar-refractivity contribution in [2.75, 3.05) is 35.8 Å². The highest BCUT2D eigenvalue weighted by Gasteiger charge is 2.20. The van der Waals surface area contributed by atoms with Crippen LogP contribution in [0.5, 0.6) is 0 Å². The van der Waals surface area contributed by atoms with E-state index in [1.165, 1.54) is 5.01 Å². The molecule has 0 amide bonds. The Labute approximate surface area is 181 Å². The van der Waals surface area contributed by atoms with E-state index in [9.17, 15) is 0 Å². The summed E-state index contributed by atoms with van der Waals surface area (Å²) in [4.78, 5) is 16.3. The van der Waals surface area contributed by atoms with E-state index < -0.39 is 0 Å². The summed E-state index contributed by atoms with van der Waals surface area (Å²) >= 11 is 0. The lowest BCUT2D eigenvalue weighted by molar-refractivity contribution is 0.498. The summed E-state index contributed by atoms with van der Waals surface area (Å²) < 4.78 is 0. The Morgan fingerprint density at radius 1 is 1.06 bits per heavy atom. The predicted octanol–water partition coefficient (Wildman–Crippen LogP) is 1.90. The van der Waals surface area contributed by atoms with Gasteiger partial charge in [0.05, 0.1) is 34.9 Å². The zero-order valence-electron chi connectivity index (χ0n) is 17.4. The molecular formula is C22H25N9. The molecule has 9 heteroatoms. The molecule has 3 heterocycles. The molecule has 1 aromatic carbocycles. The second-order valence-electron chi connectivity index (χ2n) is 7.69. The van der Waals surface area contributed by atoms with Crippen LogP contribution in [0.15, 0.2) is 42.7 Å². The van der Waals surface area contributed by atoms with Gasteiger partial charge in [-0.3, -0.25) is 9.99 Å². The SMILES string of the molecule is CN(N)c1ncc(-c2ncc(N3CCC(N)CC3)nc2-c2ccc(C#N)cc2)cc1N. The van der Waals surface area contributed by atoms with Crippen LogP contribution in [-0.4, -0.2) is 41.1 Å². The van der Waals surface area contributed by atoms with Gasteiger partial charge in [0.1, 0.15) is 5.82 Å². The molecule has 0 unspecified atom stereocenters. The van der Waals surface area contributed by atoms with Crippen LogP contribution >= 0.6 is 0 Å². The van der Waals surface area contributed by atoms with Crippen LogP contribution in [0.3, 0.4) is 0 Å². The molecule has 0 saturated carbocycles. The zero-order valence-corrected chi connectivity index (χ0v) is 17.4. The fraction of sp³-hybridized carbons (Fsp3) is 0.273. The minimum absolute atomic E-state index is 0.231. The van der Waals surface area contributed by atoms with Crippen LogP contribution in [0.2, 0.25) is 0 Å². The monoisotopic (exact) mass is 415 g/mol. The summed E-state index contributed by atoms with van der Waals surface area (Å²) in [6.07, 6.45) is 5.30. The predicted molar refractivity (Wildman–Crippen MR) is 122 cm³/mol. The van der Waals surface area contributed by atoms with Crippen molar-refractivity contribution in [1.82, 2.24) is 15.0 Å². The fourth-order valence-corrected chi connectivity index (χ4v) is 3.67. The molecule has 0 atom stereocenters. The van der Waals surface area contributed by atoms with Crippen molar-refractivity contribution in [3.8, 4) is 28.6 Å². The molecule has 0 radical (unpaired) electrons. The third kappa shape index (κ3) is 4.26. The Kier molecular flexibility index (Phi) is 5.66. The van der Waals surface area contributed by atoms with Crippen molar-refractivity contribution in [2.24, 2.45) is 11.6 Å². The minimum atomic E-state index is 0.231. The Balaban J connectivity index is 1.80. The standard InChI is InChI=1S/C22H25N9/c1-30(26)22-18(25)10-16(12-28-22)20-21(15-4-2-14(11-23)3-5-15)29-19(13-27-20)31-8-6-17(24)7-9-31/h2-5,10,12-13,17H,6-9,24-26H2,1H3. The Bertz CT molecular complexity index is 1110. The normalized spacial score (nSPS) is 14.3. The summed E-state index contributed by atoms with van der Waals surface area (Å²) in [6, 6.07) is 11.5. The van der Waals surface area contributed by atoms with Crippen molar-refractivity contribution in [2.45, 2.75) is 18.9 Å². The number of hydrogen-bond acceptors (Lipinski definition) is 9. The van der Waals surface area contributed by atoms with Crippen molar-refractivity contribution >= 4 is 17.3 Å². The lowest BCUT2D eigenvalue weighted by Crippen LogP contribution is -2.40. The number of hydrogen-bond donors (Lipinski definition) is 3. The van der Waals surface area contributed by atoms with Gasteiger partial charge in [-0.1, -0.05) is 12.1 Å². The molecule has 0 spiro atoms. The number of nitrogens with zero attached hydrogens (tertiary/aromatic N) is 6. The van der Waals surface area contributed by atoms with Gasteiger partial charge in [0.2, 0.25) is 0 Å². The zero-order chi connectivity index (χ0) is 22.0. The smallest absolute Gasteiger partial charge is 0.165 e. The Morgan fingerprint density at radius 3 is 2.39 bits per heavy atom. The number of hydrazine groups is 1. The van der Waals surface area contributed by atoms with E-state index in [1.54, 1.807) is 37.6 Å². The van der Waals surface area contributed by atoms with E-state index >= 15 is 0 Å². The molecule has 1 aliphatic rings. The third-order valence-corrected chi connectivity index (χ3v) is 5.41. The Morgan fingerprint density at radius 2 is 1.77 bits per heavy atom. The van der Waals surface area contributed by atoms with Gasteiger partial charge in [-0.05, 0) is 31.0 Å². The highest BCUT2D eigenvalue weighted by molar-refractivity contribution is 5.81. The van der Waals surface area contributed by atoms with Gasteiger partial charge in [-0.15, -0.1) is 0 Å². The molecule has 0 aliphatic carbocycles. The topological polar surface area (TPSA) is 147 Å². The van der Waals surface area contributed by atoms with Gasteiger partial charge in [0.15, 0.2) is 5.82 Å². The molecule has 2 aromatic heterocycles. The maximum absolute atomic E-state index is 9.14. The van der Waals surface area contributed by atoms with Crippen LogP contribution in [-0.2, 0) is 0 Å². The van der Waals surface area contributed by atoms with Gasteiger partial charge in [-0.25, -0.2) is 15.8 Å². The van der Waals surface area contributed by atoms with E-state index in [0.29, 0.717) is 28.5 Å². The highest BCUT2D eigenvalue weighted by Crippen LogP contribution is 2.33. The average molecular weight is 416 g/mol. The van der Waals surface area contributed by atoms with Gasteiger partial charge in [0, 0.05) is 43.5 Å². The van der Waals surface area contributed by atoms with E-state index in [-0.39, 0.29) is 6.04 Å². The van der Waals surface area contributed by atoms with Gasteiger partial charge in [-0.2, -0.15) is 5.26 Å². The largest absolute Gasteiger partial charge is 0.396 e. The second kappa shape index (κ2) is 8.55. The molecule has 158 valence electrons. The molecule has 3 aromatic rings. The van der Waals surface area contributed by atoms with Crippen LogP contribution in [0.4, 0.5) is 17.3 Å². The first kappa shape index (κ1) is 20.5. The number of aromatic nitrogens is 3. The maximum atomic E-state index is 9.14. The van der Waals surface area contributed by atoms with Gasteiger partial charge < -0.3 is 16.4 Å². The maximum Gasteiger partial charge on any atom is 0.165 e. The summed E-state index contributed by atoms with van der Waals surface area (Å²) in [5, 5.41) is 10.5. The fourth-order valence-electron chi connectivity index (χ4n) is 3.67. The lowest BCUT2D eigenvalue weighted by Gasteiger charge is -2.31. The lowest BCUT2D eigenvalue weighted by atomic mass is 10.0. The minimum Gasteiger partial charge on any atom is -0.396 e. The van der Waals surface area contributed by atoms with E-state index in [4.69, 9.17) is 32.5 Å². The number of benzene rings is 1. The number of nitrogen functional groups attached to an aromatic ring is 1. The highest BCUT2D eigenvalue weighted by atomic mass is 15.4. The number of rotatable bonds is 4. The average Bonchev–Trinajstić information content (AvgIpc) is 2.79. The second-order valence-corrected chi connectivity index (χ2v) is 7.69. The first-order valence-corrected chi connectivity index (χ1v) is 10.1. The molecule has 0 bridgehead atoms. The summed E-state index contributed by atoms with van der Waals surface area (Å²) in [5.74, 6) is 7.07. The molecule has 31 heavy (non-hydrogen) atoms. The molecule has 1 fully saturated rings. The molecule has 1 aliphatic heterocycles. The summed E-state index contributed by atoms with van der Waals surface area (Å²) in [7, 11) is 1.68. The molecule has 1 saturated heterocycles. The molecule has 4 rings (SSSR count). The number of nitriles is 1. The third-order valence-electron chi connectivity index (χ3n) is 5.41. The molecular weight excluding hydrogens is 390 g/mol. The molecule has 9 nitrogen and oxygen atoms in total. The first-order chi connectivity index (χ1) is 15.0. The van der Waals surface area contributed by atoms with Gasteiger partial charge in [0.25, 0.3) is 0 Å². The van der Waals surface area contributed by atoms with Gasteiger partial charge >= 0.3 is 0 Å². The quantitative estimate of drug-likeness (QED) is 0.429. The number of anilines is 3. The van der Waals surface area contributed by atoms with Crippen molar-refractivity contribution in [1.29, 1.82) is 5.26 Å². The first-order valence-electron chi connectivity index (χ1n) is 10.1. The summed E-state index contributed by atoms with van der Waals surface area (Å²) in [5.41, 5.74) is 16.2. The van der Waals surface area contributed by atoms with E-state index in [2.05, 4.69) is 16.0 Å². The van der Waals surface area contributed by atoms with Crippen LogP contribution < -0.4 is 27.2 Å². The van der Waals surface area contributed by atoms with E-state index in [1.807, 2.05) is 12.1 Å². The number of nitrogens with two attached hydrogens (primary N) is 3. The van der Waals surface area contributed by atoms with Crippen molar-refractivity contribution in [3.05, 3.63) is 48.3 Å². The van der Waals surface area contributed by atoms with Crippen LogP contribution in [0.1, 0.15) is 18.4 Å². The summed E-state index contributed by atoms with van der Waals surface area (Å²) in [6.45, 7) is 1.68. The number of piperidine rings is 1. The molecule has 6 N–H and O–H groups in total. The van der Waals surface area contributed by atoms with Crippen molar-refractivity contribution in [3.63, 3.8) is 0 Å². The van der Waals surface area contributed by atoms with Crippen molar-refractivity contribution < 1.29 is 0 Å². The Hall–Kier alpha value is -3.74. The van der Waals surface area contributed by atoms with Crippen LogP contribution in [0.25, 0.3) is 22.5 Å². The number of pyridine rings is 1. The van der Waals surface area contributed by atoms with E-state index in [0.717, 1.165) is 42.9 Å².